The highest BCUT2D eigenvalue weighted by molar-refractivity contribution is 7.19. The van der Waals surface area contributed by atoms with Crippen LogP contribution in [0.25, 0.3) is 0 Å². The van der Waals surface area contributed by atoms with Gasteiger partial charge in [-0.05, 0) is 6.92 Å². The summed E-state index contributed by atoms with van der Waals surface area (Å²) in [5.74, 6) is -1.63. The fourth-order valence-corrected chi connectivity index (χ4v) is 2.29. The van der Waals surface area contributed by atoms with Crippen molar-refractivity contribution in [3.8, 4) is 0 Å². The van der Waals surface area contributed by atoms with Crippen LogP contribution in [0.1, 0.15) is 27.0 Å². The molecule has 0 spiro atoms. The molecule has 0 bridgehead atoms. The van der Waals surface area contributed by atoms with Crippen molar-refractivity contribution in [2.45, 2.75) is 13.3 Å². The first kappa shape index (κ1) is 15.2. The van der Waals surface area contributed by atoms with E-state index in [0.29, 0.717) is 0 Å². The number of amides is 1. The van der Waals surface area contributed by atoms with Crippen LogP contribution in [-0.4, -0.2) is 31.5 Å². The number of hydrogen-bond donors (Lipinski definition) is 3. The number of nitrogens with one attached hydrogen (secondary N) is 1. The van der Waals surface area contributed by atoms with Gasteiger partial charge in [0.05, 0.1) is 18.8 Å². The summed E-state index contributed by atoms with van der Waals surface area (Å²) in [5, 5.41) is 2.39. The van der Waals surface area contributed by atoms with Gasteiger partial charge < -0.3 is 21.5 Å². The molecule has 1 aromatic rings. The number of nitrogen functional groups attached to an aromatic ring is 1. The fraction of sp³-hybridized carbons (Fsp3) is 0.400. The number of carbonyl (C=O) groups excluding carboxylic acids is 2. The lowest BCUT2D eigenvalue weighted by Crippen LogP contribution is -2.14. The number of rotatable bonds is 6. The molecule has 0 saturated carbocycles. The maximum atomic E-state index is 12.2. The Kier molecular flexibility index (Phi) is 5.04. The number of primary amides is 1. The molecule has 0 aromatic carbocycles. The maximum absolute atomic E-state index is 12.2. The van der Waals surface area contributed by atoms with E-state index in [9.17, 15) is 18.4 Å². The summed E-state index contributed by atoms with van der Waals surface area (Å²) in [6.07, 6.45) is -2.62. The van der Waals surface area contributed by atoms with Gasteiger partial charge in [0.25, 0.3) is 12.3 Å². The van der Waals surface area contributed by atoms with E-state index in [1.54, 1.807) is 6.92 Å². The molecule has 0 fully saturated rings. The summed E-state index contributed by atoms with van der Waals surface area (Å²) in [7, 11) is 0. The van der Waals surface area contributed by atoms with Gasteiger partial charge in [-0.2, -0.15) is 0 Å². The van der Waals surface area contributed by atoms with Gasteiger partial charge in [0.1, 0.15) is 15.4 Å². The second-order valence-corrected chi connectivity index (χ2v) is 4.43. The Morgan fingerprint density at radius 2 is 2.11 bits per heavy atom. The zero-order chi connectivity index (χ0) is 14.6. The lowest BCUT2D eigenvalue weighted by Gasteiger charge is -2.06. The second-order valence-electron chi connectivity index (χ2n) is 3.41. The molecule has 1 amide bonds. The van der Waals surface area contributed by atoms with Gasteiger partial charge in [0.2, 0.25) is 0 Å². The number of esters is 1. The van der Waals surface area contributed by atoms with E-state index in [0.717, 1.165) is 11.3 Å². The van der Waals surface area contributed by atoms with Crippen molar-refractivity contribution in [3.63, 3.8) is 0 Å². The molecule has 1 heterocycles. The molecule has 5 N–H and O–H groups in total. The number of anilines is 2. The maximum Gasteiger partial charge on any atom is 0.343 e. The van der Waals surface area contributed by atoms with E-state index in [1.165, 1.54) is 0 Å². The number of ether oxygens (including phenoxy) is 1. The van der Waals surface area contributed by atoms with Crippen LogP contribution >= 0.6 is 11.3 Å². The van der Waals surface area contributed by atoms with Crippen LogP contribution in [0, 0.1) is 0 Å². The van der Waals surface area contributed by atoms with Crippen molar-refractivity contribution < 1.29 is 23.1 Å². The fourth-order valence-electron chi connectivity index (χ4n) is 1.33. The van der Waals surface area contributed by atoms with Gasteiger partial charge in [0, 0.05) is 0 Å². The molecule has 0 saturated heterocycles. The van der Waals surface area contributed by atoms with Crippen molar-refractivity contribution in [1.29, 1.82) is 0 Å². The molecule has 0 unspecified atom stereocenters. The monoisotopic (exact) mass is 293 g/mol. The van der Waals surface area contributed by atoms with Gasteiger partial charge in [0.15, 0.2) is 0 Å². The Balaban J connectivity index is 3.15. The molecule has 0 atom stereocenters. The highest BCUT2D eigenvalue weighted by atomic mass is 32.1. The van der Waals surface area contributed by atoms with Crippen molar-refractivity contribution in [2.24, 2.45) is 5.73 Å². The minimum absolute atomic E-state index is 0.0463. The first-order valence-electron chi connectivity index (χ1n) is 5.29. The normalized spacial score (nSPS) is 10.5. The van der Waals surface area contributed by atoms with E-state index in [4.69, 9.17) is 16.2 Å². The highest BCUT2D eigenvalue weighted by Gasteiger charge is 2.25. The Hall–Kier alpha value is -1.90. The predicted octanol–water partition coefficient (Wildman–Crippen LogP) is 1.28. The van der Waals surface area contributed by atoms with Crippen LogP contribution in [-0.2, 0) is 4.74 Å². The molecule has 106 valence electrons. The number of thiophene rings is 1. The summed E-state index contributed by atoms with van der Waals surface area (Å²) in [5.41, 5.74) is 10.4. The minimum Gasteiger partial charge on any atom is -0.462 e. The zero-order valence-corrected chi connectivity index (χ0v) is 10.9. The molecule has 0 aliphatic carbocycles. The van der Waals surface area contributed by atoms with Gasteiger partial charge >= 0.3 is 5.97 Å². The van der Waals surface area contributed by atoms with Crippen LogP contribution in [0.2, 0.25) is 0 Å². The van der Waals surface area contributed by atoms with E-state index in [2.05, 4.69) is 5.32 Å². The quantitative estimate of drug-likeness (QED) is 0.685. The molecule has 9 heteroatoms. The molecule has 1 rings (SSSR count). The van der Waals surface area contributed by atoms with E-state index < -0.39 is 24.8 Å². The largest absolute Gasteiger partial charge is 0.462 e. The standard InChI is InChI=1S/C10H13F2N3O3S/c1-2-18-10(17)5-6(13)7(8(14)16)19-9(5)15-3-4(11)12/h4,15H,2-3,13H2,1H3,(H2,14,16). The van der Waals surface area contributed by atoms with Gasteiger partial charge in [-0.3, -0.25) is 4.79 Å². The highest BCUT2D eigenvalue weighted by Crippen LogP contribution is 2.36. The van der Waals surface area contributed by atoms with E-state index in [-0.39, 0.29) is 27.7 Å². The van der Waals surface area contributed by atoms with Crippen LogP contribution in [0.4, 0.5) is 19.5 Å². The Morgan fingerprint density at radius 3 is 2.58 bits per heavy atom. The lowest BCUT2D eigenvalue weighted by molar-refractivity contribution is 0.0529. The minimum atomic E-state index is -2.62. The summed E-state index contributed by atoms with van der Waals surface area (Å²) < 4.78 is 29.1. The summed E-state index contributed by atoms with van der Waals surface area (Å²) >= 11 is 0.746. The molecule has 0 radical (unpaired) electrons. The van der Waals surface area contributed by atoms with Crippen LogP contribution in [0.15, 0.2) is 0 Å². The van der Waals surface area contributed by atoms with Gasteiger partial charge in [-0.25, -0.2) is 13.6 Å². The van der Waals surface area contributed by atoms with Crippen molar-refractivity contribution in [3.05, 3.63) is 10.4 Å². The summed E-state index contributed by atoms with van der Waals surface area (Å²) in [6, 6.07) is 0. The van der Waals surface area contributed by atoms with Crippen molar-refractivity contribution in [2.75, 3.05) is 24.2 Å². The Labute approximate surface area is 111 Å². The molecular formula is C10H13F2N3O3S. The van der Waals surface area contributed by atoms with Crippen molar-refractivity contribution in [1.82, 2.24) is 0 Å². The smallest absolute Gasteiger partial charge is 0.343 e. The van der Waals surface area contributed by atoms with Gasteiger partial charge in [-0.1, -0.05) is 0 Å². The summed E-state index contributed by atoms with van der Waals surface area (Å²) in [6.45, 7) is 1.00. The number of hydrogen-bond acceptors (Lipinski definition) is 6. The first-order valence-corrected chi connectivity index (χ1v) is 6.11. The first-order chi connectivity index (χ1) is 8.88. The van der Waals surface area contributed by atoms with Crippen LogP contribution in [0.5, 0.6) is 0 Å². The predicted molar refractivity (Wildman–Crippen MR) is 67.7 cm³/mol. The third-order valence-electron chi connectivity index (χ3n) is 2.07. The third-order valence-corrected chi connectivity index (χ3v) is 3.24. The van der Waals surface area contributed by atoms with Crippen molar-refractivity contribution >= 4 is 33.9 Å². The summed E-state index contributed by atoms with van der Waals surface area (Å²) in [4.78, 5) is 22.8. The van der Waals surface area contributed by atoms with Crippen LogP contribution < -0.4 is 16.8 Å². The number of alkyl halides is 2. The molecule has 0 aliphatic rings. The molecular weight excluding hydrogens is 280 g/mol. The SMILES string of the molecule is CCOC(=O)c1c(NCC(F)F)sc(C(N)=O)c1N. The number of carbonyl (C=O) groups is 2. The average molecular weight is 293 g/mol. The van der Waals surface area contributed by atoms with E-state index >= 15 is 0 Å². The molecule has 19 heavy (non-hydrogen) atoms. The topological polar surface area (TPSA) is 107 Å². The van der Waals surface area contributed by atoms with Gasteiger partial charge in [-0.15, -0.1) is 11.3 Å². The van der Waals surface area contributed by atoms with Crippen LogP contribution in [0.3, 0.4) is 0 Å². The average Bonchev–Trinajstić information content (AvgIpc) is 2.64. The molecule has 6 nitrogen and oxygen atoms in total. The Bertz CT molecular complexity index is 491. The molecule has 0 aliphatic heterocycles. The third kappa shape index (κ3) is 3.53. The zero-order valence-electron chi connectivity index (χ0n) is 10.0. The Morgan fingerprint density at radius 1 is 1.47 bits per heavy atom. The number of nitrogens with two attached hydrogens (primary N) is 2. The van der Waals surface area contributed by atoms with E-state index in [1.807, 2.05) is 0 Å². The molecule has 1 aromatic heterocycles. The lowest BCUT2D eigenvalue weighted by atomic mass is 10.2. The second kappa shape index (κ2) is 6.32. The number of halogens is 2.